The molecule has 184 valence electrons. The summed E-state index contributed by atoms with van der Waals surface area (Å²) in [5, 5.41) is 7.93. The lowest BCUT2D eigenvalue weighted by atomic mass is 9.98. The van der Waals surface area contributed by atoms with E-state index in [9.17, 15) is 26.7 Å². The van der Waals surface area contributed by atoms with Gasteiger partial charge in [-0.05, 0) is 43.4 Å². The van der Waals surface area contributed by atoms with Crippen LogP contribution in [0.2, 0.25) is 0 Å². The Labute approximate surface area is 196 Å². The highest BCUT2D eigenvalue weighted by molar-refractivity contribution is 5.81. The number of aromatic nitrogens is 4. The number of likely N-dealkylation sites (tertiary alicyclic amines) is 1. The Morgan fingerprint density at radius 1 is 1.11 bits per heavy atom. The molecule has 12 heteroatoms. The molecule has 0 radical (unpaired) electrons. The van der Waals surface area contributed by atoms with Crippen molar-refractivity contribution >= 4 is 5.91 Å². The van der Waals surface area contributed by atoms with E-state index in [1.54, 1.807) is 11.0 Å². The molecule has 0 spiro atoms. The number of nitrogens with zero attached hydrogens (tertiary/aromatic N) is 5. The molecule has 7 nitrogen and oxygen atoms in total. The number of benzene rings is 1. The number of ether oxygens (including phenoxy) is 1. The number of amides is 1. The Balaban J connectivity index is 1.35. The summed E-state index contributed by atoms with van der Waals surface area (Å²) >= 11 is 0. The molecule has 0 unspecified atom stereocenters. The predicted octanol–water partition coefficient (Wildman–Crippen LogP) is 3.96. The fraction of sp³-hybridized carbons (Fsp3) is 0.391. The smallest absolute Gasteiger partial charge is 0.420 e. The summed E-state index contributed by atoms with van der Waals surface area (Å²) in [6, 6.07) is 5.48. The van der Waals surface area contributed by atoms with Crippen molar-refractivity contribution in [3.8, 4) is 11.6 Å². The number of carbonyl (C=O) groups excluding carboxylic acids is 1. The van der Waals surface area contributed by atoms with Crippen LogP contribution >= 0.6 is 0 Å². The third-order valence-electron chi connectivity index (χ3n) is 6.71. The molecule has 2 fully saturated rings. The van der Waals surface area contributed by atoms with E-state index in [1.165, 1.54) is 24.5 Å². The molecule has 0 N–H and O–H groups in total. The topological polar surface area (TPSA) is 73.1 Å². The van der Waals surface area contributed by atoms with Crippen molar-refractivity contribution in [1.82, 2.24) is 24.9 Å². The van der Waals surface area contributed by atoms with Crippen LogP contribution in [0.5, 0.6) is 5.88 Å². The van der Waals surface area contributed by atoms with E-state index in [0.717, 1.165) is 10.9 Å². The molecule has 1 saturated heterocycles. The van der Waals surface area contributed by atoms with Crippen LogP contribution in [-0.4, -0.2) is 49.0 Å². The molecule has 3 heterocycles. The van der Waals surface area contributed by atoms with E-state index in [-0.39, 0.29) is 41.9 Å². The summed E-state index contributed by atoms with van der Waals surface area (Å²) in [5.41, 5.74) is -0.981. The van der Waals surface area contributed by atoms with E-state index < -0.39 is 29.6 Å². The van der Waals surface area contributed by atoms with Gasteiger partial charge in [-0.1, -0.05) is 12.1 Å². The number of fused-ring (bicyclic) bond motifs is 2. The maximum Gasteiger partial charge on any atom is 0.420 e. The zero-order valence-corrected chi connectivity index (χ0v) is 18.4. The first-order chi connectivity index (χ1) is 16.6. The molecule has 3 aromatic rings. The van der Waals surface area contributed by atoms with Gasteiger partial charge in [-0.2, -0.15) is 32.7 Å². The number of pyridine rings is 1. The zero-order chi connectivity index (χ0) is 24.9. The molecule has 2 bridgehead atoms. The van der Waals surface area contributed by atoms with Crippen molar-refractivity contribution in [3.63, 3.8) is 0 Å². The summed E-state index contributed by atoms with van der Waals surface area (Å²) in [5.74, 6) is -2.66. The summed E-state index contributed by atoms with van der Waals surface area (Å²) in [4.78, 5) is 19.5. The van der Waals surface area contributed by atoms with E-state index >= 15 is 0 Å². The normalized spacial score (nSPS) is 23.7. The van der Waals surface area contributed by atoms with Gasteiger partial charge in [-0.25, -0.2) is 4.39 Å². The molecule has 2 aromatic heterocycles. The zero-order valence-electron chi connectivity index (χ0n) is 18.4. The minimum Gasteiger partial charge on any atom is -0.472 e. The van der Waals surface area contributed by atoms with Gasteiger partial charge >= 0.3 is 6.18 Å². The summed E-state index contributed by atoms with van der Waals surface area (Å²) in [7, 11) is 0. The van der Waals surface area contributed by atoms with Crippen LogP contribution in [-0.2, 0) is 17.4 Å². The number of piperidine rings is 1. The van der Waals surface area contributed by atoms with Crippen LogP contribution in [0.15, 0.2) is 42.7 Å². The van der Waals surface area contributed by atoms with Crippen LogP contribution in [0.1, 0.15) is 30.9 Å². The number of carbonyl (C=O) groups is 1. The Bertz CT molecular complexity index is 1250. The molecule has 1 aromatic carbocycles. The molecule has 4 atom stereocenters. The van der Waals surface area contributed by atoms with Gasteiger partial charge in [0.25, 0.3) is 0 Å². The molecule has 1 saturated carbocycles. The van der Waals surface area contributed by atoms with E-state index in [2.05, 4.69) is 15.2 Å². The summed E-state index contributed by atoms with van der Waals surface area (Å²) < 4.78 is 72.6. The molecule has 1 aliphatic heterocycles. The van der Waals surface area contributed by atoms with Crippen molar-refractivity contribution in [2.75, 3.05) is 0 Å². The monoisotopic (exact) mass is 493 g/mol. The third kappa shape index (κ3) is 4.21. The standard InChI is InChI=1S/C23H20F5N5O2/c1-12-14-9-17(18(10-14)35-19-6-5-15(22(25)31-19)23(26,27)28)32(12)20(34)11-13-3-2-4-16(24)21(13)33-29-7-8-30-33/h2-8,12,14,17-18H,9-11H2,1H3/t12-,14-,17+,18-/m1/s1. The van der Waals surface area contributed by atoms with Crippen LogP contribution < -0.4 is 4.74 Å². The Morgan fingerprint density at radius 3 is 2.51 bits per heavy atom. The van der Waals surface area contributed by atoms with Crippen LogP contribution in [0.25, 0.3) is 5.69 Å². The Hall–Kier alpha value is -3.57. The number of alkyl halides is 3. The molecule has 2 aliphatic rings. The van der Waals surface area contributed by atoms with E-state index in [1.807, 2.05) is 6.92 Å². The highest BCUT2D eigenvalue weighted by Crippen LogP contribution is 2.44. The maximum absolute atomic E-state index is 14.6. The molecule has 5 rings (SSSR count). The lowest BCUT2D eigenvalue weighted by Crippen LogP contribution is -2.51. The average Bonchev–Trinajstić information content (AvgIpc) is 3.50. The van der Waals surface area contributed by atoms with Gasteiger partial charge in [0.2, 0.25) is 17.7 Å². The number of hydrogen-bond donors (Lipinski definition) is 0. The second-order valence-corrected chi connectivity index (χ2v) is 8.73. The lowest BCUT2D eigenvalue weighted by Gasteiger charge is -2.38. The Kier molecular flexibility index (Phi) is 5.68. The number of hydrogen-bond acceptors (Lipinski definition) is 5. The second-order valence-electron chi connectivity index (χ2n) is 8.73. The van der Waals surface area contributed by atoms with Crippen LogP contribution in [0.3, 0.4) is 0 Å². The molecular formula is C23H20F5N5O2. The summed E-state index contributed by atoms with van der Waals surface area (Å²) in [6.45, 7) is 1.91. The van der Waals surface area contributed by atoms with Crippen LogP contribution in [0.4, 0.5) is 22.0 Å². The largest absolute Gasteiger partial charge is 0.472 e. The van der Waals surface area contributed by atoms with E-state index in [0.29, 0.717) is 24.5 Å². The minimum absolute atomic E-state index is 0.0834. The van der Waals surface area contributed by atoms with Gasteiger partial charge < -0.3 is 9.64 Å². The third-order valence-corrected chi connectivity index (χ3v) is 6.71. The van der Waals surface area contributed by atoms with Gasteiger partial charge in [0, 0.05) is 12.1 Å². The number of rotatable bonds is 5. The first-order valence-corrected chi connectivity index (χ1v) is 11.0. The highest BCUT2D eigenvalue weighted by Gasteiger charge is 2.52. The second kappa shape index (κ2) is 8.58. The quantitative estimate of drug-likeness (QED) is 0.398. The SMILES string of the molecule is C[C@@H]1[C@H]2C[C@@H](Oc3ccc(C(F)(F)F)c(F)n3)[C@H](C2)N1C(=O)Cc1cccc(F)c1-n1nccn1. The number of halogens is 5. The molecule has 35 heavy (non-hydrogen) atoms. The fourth-order valence-corrected chi connectivity index (χ4v) is 5.13. The van der Waals surface area contributed by atoms with Gasteiger partial charge in [-0.15, -0.1) is 4.80 Å². The molecular weight excluding hydrogens is 473 g/mol. The Morgan fingerprint density at radius 2 is 1.86 bits per heavy atom. The molecule has 1 aliphatic carbocycles. The van der Waals surface area contributed by atoms with Crippen molar-refractivity contribution in [2.45, 2.75) is 50.6 Å². The van der Waals surface area contributed by atoms with Gasteiger partial charge in [0.1, 0.15) is 17.4 Å². The predicted molar refractivity (Wildman–Crippen MR) is 111 cm³/mol. The summed E-state index contributed by atoms with van der Waals surface area (Å²) in [6.07, 6.45) is -1.52. The van der Waals surface area contributed by atoms with Crippen molar-refractivity contribution in [3.05, 3.63) is 65.6 Å². The minimum atomic E-state index is -4.86. The van der Waals surface area contributed by atoms with Crippen molar-refractivity contribution < 1.29 is 31.5 Å². The van der Waals surface area contributed by atoms with Crippen LogP contribution in [0, 0.1) is 17.7 Å². The highest BCUT2D eigenvalue weighted by atomic mass is 19.4. The maximum atomic E-state index is 14.6. The van der Waals surface area contributed by atoms with Gasteiger partial charge in [0.15, 0.2) is 5.82 Å². The van der Waals surface area contributed by atoms with Gasteiger partial charge in [-0.3, -0.25) is 4.79 Å². The lowest BCUT2D eigenvalue weighted by molar-refractivity contribution is -0.141. The first-order valence-electron chi connectivity index (χ1n) is 11.0. The fourth-order valence-electron chi connectivity index (χ4n) is 5.13. The number of para-hydroxylation sites is 1. The van der Waals surface area contributed by atoms with Crippen molar-refractivity contribution in [2.24, 2.45) is 5.92 Å². The first kappa shape index (κ1) is 23.2. The average molecular weight is 493 g/mol. The van der Waals surface area contributed by atoms with Crippen molar-refractivity contribution in [1.29, 1.82) is 0 Å². The molecule has 1 amide bonds. The van der Waals surface area contributed by atoms with Gasteiger partial charge in [0.05, 0.1) is 24.9 Å². The van der Waals surface area contributed by atoms with E-state index in [4.69, 9.17) is 4.74 Å².